The first-order valence-corrected chi connectivity index (χ1v) is 7.39. The Labute approximate surface area is 122 Å². The first-order valence-electron chi connectivity index (χ1n) is 6.57. The predicted molar refractivity (Wildman–Crippen MR) is 81.7 cm³/mol. The van der Waals surface area contributed by atoms with Crippen LogP contribution in [0, 0.1) is 6.92 Å². The van der Waals surface area contributed by atoms with Crippen molar-refractivity contribution in [3.63, 3.8) is 0 Å². The molecule has 0 aliphatic rings. The Morgan fingerprint density at radius 1 is 1.40 bits per heavy atom. The normalized spacial score (nSPS) is 12.1. The van der Waals surface area contributed by atoms with Gasteiger partial charge in [0.15, 0.2) is 5.13 Å². The number of carboxylic acids is 1. The number of carboxylic acid groups (broad SMARTS) is 1. The molecule has 2 aromatic rings. The Balaban J connectivity index is 1.90. The number of thiazole rings is 1. The van der Waals surface area contributed by atoms with Crippen LogP contribution in [0.1, 0.15) is 34.3 Å². The maximum absolute atomic E-state index is 11.0. The van der Waals surface area contributed by atoms with Crippen LogP contribution < -0.4 is 5.32 Å². The van der Waals surface area contributed by atoms with E-state index in [0.29, 0.717) is 15.7 Å². The predicted octanol–water partition coefficient (Wildman–Crippen LogP) is 3.58. The zero-order valence-corrected chi connectivity index (χ0v) is 12.4. The highest BCUT2D eigenvalue weighted by Gasteiger charge is 2.14. The van der Waals surface area contributed by atoms with Crippen LogP contribution in [0.4, 0.5) is 5.13 Å². The number of anilines is 1. The van der Waals surface area contributed by atoms with Gasteiger partial charge in [-0.25, -0.2) is 9.78 Å². The maximum Gasteiger partial charge on any atom is 0.347 e. The van der Waals surface area contributed by atoms with E-state index in [1.807, 2.05) is 18.2 Å². The second kappa shape index (κ2) is 6.52. The number of carbonyl (C=O) groups is 1. The third kappa shape index (κ3) is 3.81. The Morgan fingerprint density at radius 3 is 2.70 bits per heavy atom. The molecule has 0 amide bonds. The lowest BCUT2D eigenvalue weighted by Gasteiger charge is -2.12. The minimum Gasteiger partial charge on any atom is -0.477 e. The molecule has 2 N–H and O–H groups in total. The molecule has 0 spiro atoms. The smallest absolute Gasteiger partial charge is 0.347 e. The number of hydrogen-bond donors (Lipinski definition) is 2. The molecular weight excluding hydrogens is 272 g/mol. The van der Waals surface area contributed by atoms with Gasteiger partial charge in [0.2, 0.25) is 0 Å². The number of benzene rings is 1. The summed E-state index contributed by atoms with van der Waals surface area (Å²) >= 11 is 1.20. The number of rotatable bonds is 6. The van der Waals surface area contributed by atoms with E-state index < -0.39 is 5.97 Å². The Hall–Kier alpha value is -1.88. The van der Waals surface area contributed by atoms with Gasteiger partial charge in [-0.3, -0.25) is 0 Å². The van der Waals surface area contributed by atoms with Gasteiger partial charge in [-0.15, -0.1) is 0 Å². The number of aromatic nitrogens is 1. The Bertz CT molecular complexity index is 581. The van der Waals surface area contributed by atoms with Gasteiger partial charge in [0.1, 0.15) is 4.88 Å². The van der Waals surface area contributed by atoms with Gasteiger partial charge in [0.05, 0.1) is 5.69 Å². The zero-order valence-electron chi connectivity index (χ0n) is 11.6. The second-order valence-electron chi connectivity index (χ2n) is 4.81. The molecule has 0 aliphatic heterocycles. The average molecular weight is 290 g/mol. The summed E-state index contributed by atoms with van der Waals surface area (Å²) in [7, 11) is 0. The van der Waals surface area contributed by atoms with Crippen LogP contribution in [-0.2, 0) is 6.42 Å². The summed E-state index contributed by atoms with van der Waals surface area (Å²) < 4.78 is 0. The topological polar surface area (TPSA) is 62.2 Å². The number of nitrogens with one attached hydrogen (secondary N) is 1. The fourth-order valence-electron chi connectivity index (χ4n) is 1.97. The molecule has 20 heavy (non-hydrogen) atoms. The monoisotopic (exact) mass is 290 g/mol. The summed E-state index contributed by atoms with van der Waals surface area (Å²) in [6.07, 6.45) is 1.97. The molecule has 1 atom stereocenters. The molecule has 0 bridgehead atoms. The third-order valence-electron chi connectivity index (χ3n) is 3.07. The average Bonchev–Trinajstić information content (AvgIpc) is 2.78. The van der Waals surface area contributed by atoms with Gasteiger partial charge in [0.25, 0.3) is 0 Å². The Kier molecular flexibility index (Phi) is 4.74. The molecule has 1 aromatic carbocycles. The van der Waals surface area contributed by atoms with Crippen molar-refractivity contribution in [1.82, 2.24) is 4.98 Å². The summed E-state index contributed by atoms with van der Waals surface area (Å²) in [6, 6.07) is 10.6. The highest BCUT2D eigenvalue weighted by atomic mass is 32.1. The van der Waals surface area contributed by atoms with Gasteiger partial charge in [-0.05, 0) is 32.3 Å². The van der Waals surface area contributed by atoms with Crippen molar-refractivity contribution < 1.29 is 9.90 Å². The van der Waals surface area contributed by atoms with E-state index in [0.717, 1.165) is 12.8 Å². The molecule has 1 aromatic heterocycles. The van der Waals surface area contributed by atoms with Crippen molar-refractivity contribution in [2.24, 2.45) is 0 Å². The van der Waals surface area contributed by atoms with Crippen molar-refractivity contribution in [3.05, 3.63) is 46.5 Å². The fraction of sp³-hybridized carbons (Fsp3) is 0.333. The summed E-state index contributed by atoms with van der Waals surface area (Å²) in [6.45, 7) is 3.81. The Morgan fingerprint density at radius 2 is 2.10 bits per heavy atom. The van der Waals surface area contributed by atoms with Crippen LogP contribution in [0.3, 0.4) is 0 Å². The van der Waals surface area contributed by atoms with E-state index in [1.54, 1.807) is 6.92 Å². The van der Waals surface area contributed by atoms with Crippen molar-refractivity contribution in [2.75, 3.05) is 5.32 Å². The first-order chi connectivity index (χ1) is 9.56. The van der Waals surface area contributed by atoms with Crippen LogP contribution in [0.15, 0.2) is 30.3 Å². The molecule has 106 valence electrons. The molecular formula is C15H18N2O2S. The number of hydrogen-bond acceptors (Lipinski definition) is 4. The van der Waals surface area contributed by atoms with Gasteiger partial charge < -0.3 is 10.4 Å². The van der Waals surface area contributed by atoms with Crippen LogP contribution >= 0.6 is 11.3 Å². The van der Waals surface area contributed by atoms with Gasteiger partial charge in [0, 0.05) is 6.04 Å². The van der Waals surface area contributed by atoms with Crippen LogP contribution in [0.2, 0.25) is 0 Å². The third-order valence-corrected chi connectivity index (χ3v) is 4.15. The molecule has 0 fully saturated rings. The van der Waals surface area contributed by atoms with E-state index in [4.69, 9.17) is 5.11 Å². The van der Waals surface area contributed by atoms with E-state index in [2.05, 4.69) is 29.4 Å². The minimum absolute atomic E-state index is 0.252. The molecule has 0 radical (unpaired) electrons. The second-order valence-corrected chi connectivity index (χ2v) is 5.81. The zero-order chi connectivity index (χ0) is 14.5. The van der Waals surface area contributed by atoms with Gasteiger partial charge in [-0.1, -0.05) is 41.7 Å². The standard InChI is InChI=1S/C15H18N2O2S/c1-10(8-9-12-6-4-3-5-7-12)16-15-17-11(2)13(20-15)14(18)19/h3-7,10H,8-9H2,1-2H3,(H,16,17)(H,18,19)/t10-/m0/s1. The molecule has 1 heterocycles. The minimum atomic E-state index is -0.912. The van der Waals surface area contributed by atoms with E-state index in [1.165, 1.54) is 16.9 Å². The number of nitrogens with zero attached hydrogens (tertiary/aromatic N) is 1. The van der Waals surface area contributed by atoms with Crippen LogP contribution in [0.5, 0.6) is 0 Å². The quantitative estimate of drug-likeness (QED) is 0.853. The summed E-state index contributed by atoms with van der Waals surface area (Å²) in [5.41, 5.74) is 1.88. The highest BCUT2D eigenvalue weighted by molar-refractivity contribution is 7.17. The molecule has 0 unspecified atom stereocenters. The van der Waals surface area contributed by atoms with Crippen LogP contribution in [0.25, 0.3) is 0 Å². The molecule has 0 aliphatic carbocycles. The lowest BCUT2D eigenvalue weighted by atomic mass is 10.1. The summed E-state index contributed by atoms with van der Waals surface area (Å²) in [5.74, 6) is -0.912. The summed E-state index contributed by atoms with van der Waals surface area (Å²) in [4.78, 5) is 15.5. The molecule has 0 saturated heterocycles. The number of aromatic carboxylic acids is 1. The summed E-state index contributed by atoms with van der Waals surface area (Å²) in [5, 5.41) is 13.0. The van der Waals surface area contributed by atoms with Gasteiger partial charge in [-0.2, -0.15) is 0 Å². The SMILES string of the molecule is Cc1nc(N[C@@H](C)CCc2ccccc2)sc1C(=O)O. The van der Waals surface area contributed by atoms with E-state index >= 15 is 0 Å². The lowest BCUT2D eigenvalue weighted by molar-refractivity contribution is 0.0701. The van der Waals surface area contributed by atoms with Crippen molar-refractivity contribution >= 4 is 22.4 Å². The van der Waals surface area contributed by atoms with E-state index in [-0.39, 0.29) is 6.04 Å². The largest absolute Gasteiger partial charge is 0.477 e. The maximum atomic E-state index is 11.0. The van der Waals surface area contributed by atoms with E-state index in [9.17, 15) is 4.79 Å². The van der Waals surface area contributed by atoms with Gasteiger partial charge >= 0.3 is 5.97 Å². The highest BCUT2D eigenvalue weighted by Crippen LogP contribution is 2.23. The van der Waals surface area contributed by atoms with Crippen molar-refractivity contribution in [3.8, 4) is 0 Å². The lowest BCUT2D eigenvalue weighted by Crippen LogP contribution is -2.15. The van der Waals surface area contributed by atoms with Crippen molar-refractivity contribution in [1.29, 1.82) is 0 Å². The van der Waals surface area contributed by atoms with Crippen LogP contribution in [-0.4, -0.2) is 22.1 Å². The fourth-order valence-corrected chi connectivity index (χ4v) is 2.88. The molecule has 4 nitrogen and oxygen atoms in total. The first kappa shape index (κ1) is 14.5. The number of aryl methyl sites for hydroxylation is 2. The molecule has 0 saturated carbocycles. The molecule has 5 heteroatoms. The van der Waals surface area contributed by atoms with Crippen molar-refractivity contribution in [2.45, 2.75) is 32.7 Å². The molecule has 2 rings (SSSR count).